The number of rotatable bonds is 6. The Kier molecular flexibility index (Phi) is 7.02. The Morgan fingerprint density at radius 2 is 1.76 bits per heavy atom. The maximum Gasteiger partial charge on any atom is 0.255 e. The number of anilines is 1. The minimum atomic E-state index is -4.03. The number of nitrogens with one attached hydrogen (secondary N) is 1. The highest BCUT2D eigenvalue weighted by Gasteiger charge is 2.59. The number of aliphatic hydroxyl groups excluding tert-OH is 1. The maximum atomic E-state index is 13.7. The largest absolute Gasteiger partial charge is 0.386 e. The Labute approximate surface area is 223 Å². The van der Waals surface area contributed by atoms with Gasteiger partial charge in [-0.3, -0.25) is 9.78 Å². The van der Waals surface area contributed by atoms with Crippen molar-refractivity contribution in [2.45, 2.75) is 47.5 Å². The van der Waals surface area contributed by atoms with Crippen molar-refractivity contribution in [3.63, 3.8) is 0 Å². The summed E-state index contributed by atoms with van der Waals surface area (Å²) in [4.78, 5) is 16.7. The lowest BCUT2D eigenvalue weighted by atomic mass is 9.70. The van der Waals surface area contributed by atoms with Crippen molar-refractivity contribution in [3.05, 3.63) is 88.7 Å². The second kappa shape index (κ2) is 10.00. The molecular formula is C27H25ClF2N2O5S. The van der Waals surface area contributed by atoms with E-state index in [9.17, 15) is 32.2 Å². The highest BCUT2D eigenvalue weighted by molar-refractivity contribution is 7.92. The minimum Gasteiger partial charge on any atom is -0.386 e. The van der Waals surface area contributed by atoms with Gasteiger partial charge in [0.15, 0.2) is 21.5 Å². The summed E-state index contributed by atoms with van der Waals surface area (Å²) in [6, 6.07) is 11.7. The predicted octanol–water partition coefficient (Wildman–Crippen LogP) is 4.69. The van der Waals surface area contributed by atoms with E-state index >= 15 is 0 Å². The van der Waals surface area contributed by atoms with Crippen molar-refractivity contribution in [3.8, 4) is 0 Å². The van der Waals surface area contributed by atoms with E-state index in [0.717, 1.165) is 12.1 Å². The molecule has 2 bridgehead atoms. The van der Waals surface area contributed by atoms with Gasteiger partial charge in [0.2, 0.25) is 0 Å². The van der Waals surface area contributed by atoms with Gasteiger partial charge in [0.25, 0.3) is 5.91 Å². The van der Waals surface area contributed by atoms with Gasteiger partial charge in [-0.1, -0.05) is 17.7 Å². The van der Waals surface area contributed by atoms with E-state index in [0.29, 0.717) is 18.5 Å². The molecule has 1 aromatic heterocycles. The minimum absolute atomic E-state index is 0.00265. The Balaban J connectivity index is 1.39. The number of aromatic nitrogens is 1. The average Bonchev–Trinajstić information content (AvgIpc) is 3.06. The number of carbonyl (C=O) groups is 1. The second-order valence-electron chi connectivity index (χ2n) is 9.88. The van der Waals surface area contributed by atoms with Gasteiger partial charge >= 0.3 is 0 Å². The standard InChI is InChI=1S/C27H25ClF2N2O5S/c28-20-8-4-15(26(34)32-18-7-9-21(29)22(30)14-18)11-24(20)38(36,37)19-12-16-5-6-17(13-19)27(16,35)25(33)23-3-1-2-10-31-23/h1-4,7-11,14,16-17,19,25,33,35H,5-6,12-13H2,(H,32,34)/t16-,17+,19-,25-,27-/m1/s1. The molecule has 3 N–H and O–H groups in total. The lowest BCUT2D eigenvalue weighted by molar-refractivity contribution is -0.145. The number of benzene rings is 2. The van der Waals surface area contributed by atoms with Crippen LogP contribution < -0.4 is 5.32 Å². The first-order chi connectivity index (χ1) is 18.0. The molecule has 2 aromatic carbocycles. The summed E-state index contributed by atoms with van der Waals surface area (Å²) < 4.78 is 54.2. The molecule has 1 amide bonds. The molecule has 38 heavy (non-hydrogen) atoms. The van der Waals surface area contributed by atoms with Gasteiger partial charge < -0.3 is 15.5 Å². The number of amides is 1. The van der Waals surface area contributed by atoms with Crippen LogP contribution in [-0.4, -0.2) is 40.4 Å². The van der Waals surface area contributed by atoms with Crippen LogP contribution in [0.15, 0.2) is 65.7 Å². The quantitative estimate of drug-likeness (QED) is 0.401. The van der Waals surface area contributed by atoms with Crippen molar-refractivity contribution in [1.82, 2.24) is 4.98 Å². The number of hydrogen-bond acceptors (Lipinski definition) is 6. The van der Waals surface area contributed by atoms with Crippen molar-refractivity contribution in [2.75, 3.05) is 5.32 Å². The summed E-state index contributed by atoms with van der Waals surface area (Å²) in [5.74, 6) is -3.87. The van der Waals surface area contributed by atoms with E-state index in [4.69, 9.17) is 11.6 Å². The van der Waals surface area contributed by atoms with Crippen molar-refractivity contribution in [2.24, 2.45) is 11.8 Å². The lowest BCUT2D eigenvalue weighted by Gasteiger charge is -2.45. The van der Waals surface area contributed by atoms with Crippen molar-refractivity contribution in [1.29, 1.82) is 0 Å². The fourth-order valence-electron chi connectivity index (χ4n) is 5.84. The Morgan fingerprint density at radius 3 is 2.39 bits per heavy atom. The number of nitrogens with zero attached hydrogens (tertiary/aromatic N) is 1. The monoisotopic (exact) mass is 562 g/mol. The molecule has 11 heteroatoms. The van der Waals surface area contributed by atoms with Crippen molar-refractivity contribution < 1.29 is 32.2 Å². The summed E-state index contributed by atoms with van der Waals surface area (Å²) in [5, 5.41) is 24.1. The van der Waals surface area contributed by atoms with Gasteiger partial charge in [0.1, 0.15) is 11.7 Å². The maximum absolute atomic E-state index is 13.7. The number of fused-ring (bicyclic) bond motifs is 2. The molecule has 0 radical (unpaired) electrons. The van der Waals surface area contributed by atoms with Crippen LogP contribution in [0.1, 0.15) is 47.8 Å². The van der Waals surface area contributed by atoms with Crippen LogP contribution in [-0.2, 0) is 9.84 Å². The molecule has 0 spiro atoms. The molecule has 2 saturated carbocycles. The second-order valence-corrected chi connectivity index (χ2v) is 12.5. The fourth-order valence-corrected chi connectivity index (χ4v) is 8.24. The number of sulfone groups is 1. The summed E-state index contributed by atoms with van der Waals surface area (Å²) in [7, 11) is -4.03. The number of aliphatic hydroxyl groups is 2. The van der Waals surface area contributed by atoms with Crippen LogP contribution >= 0.6 is 11.6 Å². The number of pyridine rings is 1. The molecule has 7 nitrogen and oxygen atoms in total. The summed E-state index contributed by atoms with van der Waals surface area (Å²) in [5.41, 5.74) is -1.20. The Morgan fingerprint density at radius 1 is 1.05 bits per heavy atom. The molecule has 200 valence electrons. The number of hydrogen-bond donors (Lipinski definition) is 3. The van der Waals surface area contributed by atoms with E-state index in [1.165, 1.54) is 30.5 Å². The van der Waals surface area contributed by atoms with Gasteiger partial charge in [-0.25, -0.2) is 17.2 Å². The van der Waals surface area contributed by atoms with Crippen LogP contribution in [0.4, 0.5) is 14.5 Å². The van der Waals surface area contributed by atoms with Crippen LogP contribution in [0.25, 0.3) is 0 Å². The van der Waals surface area contributed by atoms with Gasteiger partial charge in [-0.2, -0.15) is 0 Å². The topological polar surface area (TPSA) is 117 Å². The third kappa shape index (κ3) is 4.59. The van der Waals surface area contributed by atoms with Crippen LogP contribution in [0.2, 0.25) is 5.02 Å². The molecule has 0 saturated heterocycles. The third-order valence-corrected chi connectivity index (χ3v) is 10.4. The van der Waals surface area contributed by atoms with E-state index < -0.39 is 56.2 Å². The SMILES string of the molecule is O=C(Nc1ccc(F)c(F)c1)c1ccc(Cl)c(S(=O)(=O)[C@@H]2C[C@H]3CC[C@@H](C2)[C@@]3(O)[C@H](O)c2ccccn2)c1. The number of carbonyl (C=O) groups excluding carboxylic acids is 1. The fraction of sp³-hybridized carbons (Fsp3) is 0.333. The summed E-state index contributed by atoms with van der Waals surface area (Å²) >= 11 is 6.28. The van der Waals surface area contributed by atoms with Crippen LogP contribution in [0.5, 0.6) is 0 Å². The molecule has 2 aliphatic carbocycles. The molecular weight excluding hydrogens is 538 g/mol. The molecule has 0 aliphatic heterocycles. The number of halogens is 3. The summed E-state index contributed by atoms with van der Waals surface area (Å²) in [6.07, 6.45) is 1.61. The van der Waals surface area contributed by atoms with E-state index in [1.54, 1.807) is 18.2 Å². The smallest absolute Gasteiger partial charge is 0.255 e. The van der Waals surface area contributed by atoms with Gasteiger partial charge in [-0.05, 0) is 80.0 Å². The van der Waals surface area contributed by atoms with Gasteiger partial charge in [-0.15, -0.1) is 0 Å². The molecule has 2 fully saturated rings. The van der Waals surface area contributed by atoms with Gasteiger partial charge in [0.05, 0.1) is 20.9 Å². The molecule has 5 atom stereocenters. The zero-order valence-electron chi connectivity index (χ0n) is 20.0. The third-order valence-electron chi connectivity index (χ3n) is 7.79. The highest BCUT2D eigenvalue weighted by atomic mass is 35.5. The first kappa shape index (κ1) is 26.7. The summed E-state index contributed by atoms with van der Waals surface area (Å²) in [6.45, 7) is 0. The zero-order valence-corrected chi connectivity index (χ0v) is 21.6. The van der Waals surface area contributed by atoms with Gasteiger partial charge in [0, 0.05) is 23.5 Å². The molecule has 0 unspecified atom stereocenters. The highest BCUT2D eigenvalue weighted by Crippen LogP contribution is 2.56. The van der Waals surface area contributed by atoms with Crippen molar-refractivity contribution >= 4 is 33.0 Å². The predicted molar refractivity (Wildman–Crippen MR) is 136 cm³/mol. The molecule has 1 heterocycles. The van der Waals surface area contributed by atoms with Crippen LogP contribution in [0.3, 0.4) is 0 Å². The first-order valence-electron chi connectivity index (χ1n) is 12.1. The Bertz CT molecular complexity index is 1470. The zero-order chi connectivity index (χ0) is 27.2. The van der Waals surface area contributed by atoms with E-state index in [1.807, 2.05) is 0 Å². The molecule has 3 aromatic rings. The lowest BCUT2D eigenvalue weighted by Crippen LogP contribution is -2.52. The average molecular weight is 563 g/mol. The first-order valence-corrected chi connectivity index (χ1v) is 14.1. The normalized spacial score (nSPS) is 25.7. The van der Waals surface area contributed by atoms with E-state index in [2.05, 4.69) is 10.3 Å². The van der Waals surface area contributed by atoms with E-state index in [-0.39, 0.29) is 34.0 Å². The van der Waals surface area contributed by atoms with Crippen LogP contribution in [0, 0.1) is 23.5 Å². The molecule has 5 rings (SSSR count). The Hall–Kier alpha value is -2.92. The molecule has 2 aliphatic rings.